The zero-order valence-electron chi connectivity index (χ0n) is 12.7. The van der Waals surface area contributed by atoms with Crippen LogP contribution in [0.3, 0.4) is 0 Å². The highest BCUT2D eigenvalue weighted by molar-refractivity contribution is 5.50. The number of benzene rings is 2. The maximum atomic E-state index is 9.88. The molecule has 0 fully saturated rings. The summed E-state index contributed by atoms with van der Waals surface area (Å²) in [5, 5.41) is 18.6. The smallest absolute Gasteiger partial charge is 0.138 e. The predicted octanol–water partition coefficient (Wildman–Crippen LogP) is 1.96. The molecule has 3 heteroatoms. The molecule has 0 saturated heterocycles. The highest BCUT2D eigenvalue weighted by Gasteiger charge is 2.01. The Morgan fingerprint density at radius 2 is 1.57 bits per heavy atom. The third kappa shape index (κ3) is 5.98. The summed E-state index contributed by atoms with van der Waals surface area (Å²) in [6.45, 7) is 0.391. The first-order valence-electron chi connectivity index (χ1n) is 7.29. The van der Waals surface area contributed by atoms with E-state index in [2.05, 4.69) is 23.7 Å². The molecule has 0 saturated carbocycles. The molecule has 2 aromatic carbocycles. The molecular formula is C20H18O3. The van der Waals surface area contributed by atoms with Crippen molar-refractivity contribution >= 4 is 0 Å². The predicted molar refractivity (Wildman–Crippen MR) is 89.4 cm³/mol. The summed E-state index contributed by atoms with van der Waals surface area (Å²) in [7, 11) is 0. The van der Waals surface area contributed by atoms with Crippen LogP contribution in [-0.2, 0) is 11.3 Å². The fourth-order valence-corrected chi connectivity index (χ4v) is 1.90. The fourth-order valence-electron chi connectivity index (χ4n) is 1.90. The van der Waals surface area contributed by atoms with Gasteiger partial charge in [-0.3, -0.25) is 0 Å². The van der Waals surface area contributed by atoms with Crippen LogP contribution in [0.15, 0.2) is 54.6 Å². The molecule has 0 bridgehead atoms. The molecule has 0 radical (unpaired) electrons. The molecule has 0 aliphatic carbocycles. The largest absolute Gasteiger partial charge is 0.384 e. The minimum atomic E-state index is -0.863. The summed E-state index contributed by atoms with van der Waals surface area (Å²) < 4.78 is 5.45. The number of rotatable bonds is 4. The lowest BCUT2D eigenvalue weighted by Crippen LogP contribution is -2.12. The standard InChI is InChI=1S/C20H18O3/c21-14-6-11-18-9-4-5-10-19(18)12-13-20(22)16-23-15-17-7-2-1-3-8-17/h1-5,7-10,20-22H,14-16H2. The average molecular weight is 306 g/mol. The molecule has 0 amide bonds. The first-order valence-corrected chi connectivity index (χ1v) is 7.29. The van der Waals surface area contributed by atoms with Gasteiger partial charge in [0.05, 0.1) is 13.2 Å². The van der Waals surface area contributed by atoms with Crippen LogP contribution < -0.4 is 0 Å². The van der Waals surface area contributed by atoms with Gasteiger partial charge in [0.2, 0.25) is 0 Å². The van der Waals surface area contributed by atoms with Crippen LogP contribution in [0, 0.1) is 23.7 Å². The molecule has 1 unspecified atom stereocenters. The molecule has 0 heterocycles. The monoisotopic (exact) mass is 306 g/mol. The Morgan fingerprint density at radius 3 is 2.26 bits per heavy atom. The zero-order valence-corrected chi connectivity index (χ0v) is 12.7. The first-order chi connectivity index (χ1) is 11.3. The van der Waals surface area contributed by atoms with Crippen LogP contribution in [0.5, 0.6) is 0 Å². The van der Waals surface area contributed by atoms with Crippen LogP contribution in [0.25, 0.3) is 0 Å². The van der Waals surface area contributed by atoms with Gasteiger partial charge in [-0.2, -0.15) is 0 Å². The van der Waals surface area contributed by atoms with Crippen molar-refractivity contribution in [3.63, 3.8) is 0 Å². The van der Waals surface area contributed by atoms with Crippen molar-refractivity contribution in [2.24, 2.45) is 0 Å². The Morgan fingerprint density at radius 1 is 0.913 bits per heavy atom. The SMILES string of the molecule is OCC#Cc1ccccc1C#CC(O)COCc1ccccc1. The maximum Gasteiger partial charge on any atom is 0.138 e. The van der Waals surface area contributed by atoms with E-state index in [1.54, 1.807) is 0 Å². The van der Waals surface area contributed by atoms with Crippen LogP contribution in [0.4, 0.5) is 0 Å². The van der Waals surface area contributed by atoms with Crippen molar-refractivity contribution in [1.82, 2.24) is 0 Å². The number of ether oxygens (including phenoxy) is 1. The van der Waals surface area contributed by atoms with Gasteiger partial charge in [-0.1, -0.05) is 66.1 Å². The minimum Gasteiger partial charge on any atom is -0.384 e. The minimum absolute atomic E-state index is 0.145. The molecule has 0 spiro atoms. The number of aliphatic hydroxyl groups is 2. The molecule has 0 aliphatic rings. The van der Waals surface area contributed by atoms with Gasteiger partial charge >= 0.3 is 0 Å². The zero-order chi connectivity index (χ0) is 16.3. The van der Waals surface area contributed by atoms with Gasteiger partial charge in [-0.15, -0.1) is 0 Å². The molecular weight excluding hydrogens is 288 g/mol. The van der Waals surface area contributed by atoms with E-state index >= 15 is 0 Å². The lowest BCUT2D eigenvalue weighted by Gasteiger charge is -2.05. The topological polar surface area (TPSA) is 49.7 Å². The van der Waals surface area contributed by atoms with E-state index < -0.39 is 6.10 Å². The van der Waals surface area contributed by atoms with Gasteiger partial charge in [0.25, 0.3) is 0 Å². The van der Waals surface area contributed by atoms with E-state index in [0.29, 0.717) is 6.61 Å². The van der Waals surface area contributed by atoms with Crippen molar-refractivity contribution in [2.75, 3.05) is 13.2 Å². The second kappa shape index (κ2) is 9.46. The highest BCUT2D eigenvalue weighted by atomic mass is 16.5. The third-order valence-electron chi connectivity index (χ3n) is 2.99. The van der Waals surface area contributed by atoms with Gasteiger partial charge in [0.1, 0.15) is 12.7 Å². The van der Waals surface area contributed by atoms with E-state index in [-0.39, 0.29) is 13.2 Å². The van der Waals surface area contributed by atoms with Gasteiger partial charge < -0.3 is 14.9 Å². The Labute approximate surface area is 136 Å². The van der Waals surface area contributed by atoms with E-state index in [0.717, 1.165) is 16.7 Å². The number of hydrogen-bond acceptors (Lipinski definition) is 3. The maximum absolute atomic E-state index is 9.88. The fraction of sp³-hybridized carbons (Fsp3) is 0.200. The quantitative estimate of drug-likeness (QED) is 0.849. The first kappa shape index (κ1) is 16.8. The van der Waals surface area contributed by atoms with Crippen LogP contribution in [-0.4, -0.2) is 29.5 Å². The second-order valence-electron chi connectivity index (χ2n) is 4.79. The summed E-state index contributed by atoms with van der Waals surface area (Å²) in [4.78, 5) is 0. The summed E-state index contributed by atoms with van der Waals surface area (Å²) in [5.74, 6) is 11.1. The molecule has 2 rings (SSSR count). The van der Waals surface area contributed by atoms with E-state index in [4.69, 9.17) is 9.84 Å². The molecule has 2 aromatic rings. The second-order valence-corrected chi connectivity index (χ2v) is 4.79. The van der Waals surface area contributed by atoms with Gasteiger partial charge in [0.15, 0.2) is 0 Å². The highest BCUT2D eigenvalue weighted by Crippen LogP contribution is 2.06. The van der Waals surface area contributed by atoms with Crippen molar-refractivity contribution in [1.29, 1.82) is 0 Å². The van der Waals surface area contributed by atoms with E-state index in [9.17, 15) is 5.11 Å². The van der Waals surface area contributed by atoms with E-state index in [1.165, 1.54) is 0 Å². The van der Waals surface area contributed by atoms with Crippen molar-refractivity contribution in [3.05, 3.63) is 71.3 Å². The molecule has 2 N–H and O–H groups in total. The lowest BCUT2D eigenvalue weighted by atomic mass is 10.1. The van der Waals surface area contributed by atoms with Crippen LogP contribution in [0.1, 0.15) is 16.7 Å². The van der Waals surface area contributed by atoms with Crippen molar-refractivity contribution in [3.8, 4) is 23.7 Å². The average Bonchev–Trinajstić information content (AvgIpc) is 2.60. The van der Waals surface area contributed by atoms with E-state index in [1.807, 2.05) is 54.6 Å². The Kier molecular flexibility index (Phi) is 6.91. The third-order valence-corrected chi connectivity index (χ3v) is 2.99. The van der Waals surface area contributed by atoms with Crippen LogP contribution >= 0.6 is 0 Å². The Balaban J connectivity index is 1.91. The summed E-state index contributed by atoms with van der Waals surface area (Å²) in [5.41, 5.74) is 2.50. The summed E-state index contributed by atoms with van der Waals surface area (Å²) in [6, 6.07) is 17.1. The molecule has 0 aliphatic heterocycles. The number of aliphatic hydroxyl groups excluding tert-OH is 2. The van der Waals surface area contributed by atoms with Crippen LogP contribution in [0.2, 0.25) is 0 Å². The molecule has 23 heavy (non-hydrogen) atoms. The molecule has 0 aromatic heterocycles. The molecule has 3 nitrogen and oxygen atoms in total. The normalized spacial score (nSPS) is 10.9. The molecule has 116 valence electrons. The van der Waals surface area contributed by atoms with Gasteiger partial charge in [-0.25, -0.2) is 0 Å². The Bertz CT molecular complexity index is 730. The van der Waals surface area contributed by atoms with Gasteiger partial charge in [-0.05, 0) is 17.7 Å². The van der Waals surface area contributed by atoms with Crippen molar-refractivity contribution < 1.29 is 14.9 Å². The number of hydrogen-bond donors (Lipinski definition) is 2. The summed E-state index contributed by atoms with van der Waals surface area (Å²) in [6.07, 6.45) is -0.863. The molecule has 1 atom stereocenters. The van der Waals surface area contributed by atoms with Gasteiger partial charge in [0, 0.05) is 11.1 Å². The van der Waals surface area contributed by atoms with Crippen molar-refractivity contribution in [2.45, 2.75) is 12.7 Å². The Hall–Kier alpha value is -2.56. The summed E-state index contributed by atoms with van der Waals surface area (Å²) >= 11 is 0. The lowest BCUT2D eigenvalue weighted by molar-refractivity contribution is 0.0544.